The number of hydrogen-bond acceptors (Lipinski definition) is 4. The van der Waals surface area contributed by atoms with Crippen molar-refractivity contribution >= 4 is 22.8 Å². The molecule has 4 rings (SSSR count). The summed E-state index contributed by atoms with van der Waals surface area (Å²) in [6.45, 7) is 5.48. The minimum atomic E-state index is -0.690. The van der Waals surface area contributed by atoms with Crippen molar-refractivity contribution < 1.29 is 9.59 Å². The second-order valence-corrected chi connectivity index (χ2v) is 7.52. The standard InChI is InChI=1S/C20H24N4O2/c1-14(2)23-12-4-8-20(19(23)26)9-5-13-24(20)18(25)15-6-3-7-16-17(15)22-11-10-21-16/h3,6-7,10-11,14H,4-5,8-9,12-13H2,1-2H3. The van der Waals surface area contributed by atoms with Crippen molar-refractivity contribution in [1.82, 2.24) is 19.8 Å². The molecule has 0 aliphatic carbocycles. The summed E-state index contributed by atoms with van der Waals surface area (Å²) in [5, 5.41) is 0. The largest absolute Gasteiger partial charge is 0.338 e. The molecule has 2 saturated heterocycles. The number of carbonyl (C=O) groups is 2. The zero-order chi connectivity index (χ0) is 18.3. The van der Waals surface area contributed by atoms with Gasteiger partial charge in [0.25, 0.3) is 5.91 Å². The fourth-order valence-electron chi connectivity index (χ4n) is 4.48. The van der Waals surface area contributed by atoms with Gasteiger partial charge in [-0.1, -0.05) is 6.07 Å². The third-order valence-corrected chi connectivity index (χ3v) is 5.73. The van der Waals surface area contributed by atoms with Crippen LogP contribution in [0.2, 0.25) is 0 Å². The number of likely N-dealkylation sites (tertiary alicyclic amines) is 2. The second-order valence-electron chi connectivity index (χ2n) is 7.52. The van der Waals surface area contributed by atoms with Gasteiger partial charge in [-0.25, -0.2) is 0 Å². The monoisotopic (exact) mass is 352 g/mol. The Balaban J connectivity index is 1.74. The Bertz CT molecular complexity index is 861. The van der Waals surface area contributed by atoms with E-state index in [1.807, 2.05) is 35.8 Å². The van der Waals surface area contributed by atoms with Crippen molar-refractivity contribution in [2.45, 2.75) is 51.1 Å². The van der Waals surface area contributed by atoms with Crippen molar-refractivity contribution in [2.75, 3.05) is 13.1 Å². The van der Waals surface area contributed by atoms with Crippen LogP contribution in [0.3, 0.4) is 0 Å². The van der Waals surface area contributed by atoms with Gasteiger partial charge >= 0.3 is 0 Å². The van der Waals surface area contributed by atoms with Crippen molar-refractivity contribution in [3.05, 3.63) is 36.2 Å². The Morgan fingerprint density at radius 3 is 2.62 bits per heavy atom. The van der Waals surface area contributed by atoms with Gasteiger partial charge in [0.1, 0.15) is 11.1 Å². The Labute approximate surface area is 153 Å². The van der Waals surface area contributed by atoms with Crippen LogP contribution < -0.4 is 0 Å². The summed E-state index contributed by atoms with van der Waals surface area (Å²) < 4.78 is 0. The minimum Gasteiger partial charge on any atom is -0.338 e. The van der Waals surface area contributed by atoms with Gasteiger partial charge in [0, 0.05) is 31.5 Å². The molecule has 136 valence electrons. The van der Waals surface area contributed by atoms with Crippen LogP contribution in [0, 0.1) is 0 Å². The molecule has 0 saturated carbocycles. The SMILES string of the molecule is CC(C)N1CCCC2(CCCN2C(=O)c2cccc3nccnc23)C1=O. The van der Waals surface area contributed by atoms with Gasteiger partial charge < -0.3 is 9.80 Å². The van der Waals surface area contributed by atoms with Crippen LogP contribution in [0.4, 0.5) is 0 Å². The van der Waals surface area contributed by atoms with E-state index in [1.54, 1.807) is 18.5 Å². The van der Waals surface area contributed by atoms with Crippen molar-refractivity contribution in [3.8, 4) is 0 Å². The molecule has 2 aliphatic rings. The van der Waals surface area contributed by atoms with E-state index >= 15 is 0 Å². The van der Waals surface area contributed by atoms with E-state index < -0.39 is 5.54 Å². The molecule has 6 nitrogen and oxygen atoms in total. The van der Waals surface area contributed by atoms with Gasteiger partial charge in [-0.15, -0.1) is 0 Å². The van der Waals surface area contributed by atoms with E-state index in [0.29, 0.717) is 23.1 Å². The normalized spacial score (nSPS) is 23.4. The number of benzene rings is 1. The summed E-state index contributed by atoms with van der Waals surface area (Å²) in [6.07, 6.45) is 6.52. The van der Waals surface area contributed by atoms with Gasteiger partial charge in [0.15, 0.2) is 0 Å². The summed E-state index contributed by atoms with van der Waals surface area (Å²) >= 11 is 0. The molecule has 1 aromatic heterocycles. The highest BCUT2D eigenvalue weighted by molar-refractivity contribution is 6.07. The molecule has 6 heteroatoms. The fraction of sp³-hybridized carbons (Fsp3) is 0.500. The Kier molecular flexibility index (Phi) is 4.13. The number of aromatic nitrogens is 2. The van der Waals surface area contributed by atoms with Gasteiger partial charge in [0.2, 0.25) is 5.91 Å². The number of hydrogen-bond donors (Lipinski definition) is 0. The number of para-hydroxylation sites is 1. The number of amides is 2. The zero-order valence-corrected chi connectivity index (χ0v) is 15.3. The molecule has 1 atom stereocenters. The maximum atomic E-state index is 13.4. The number of carbonyl (C=O) groups excluding carboxylic acids is 2. The number of fused-ring (bicyclic) bond motifs is 1. The van der Waals surface area contributed by atoms with E-state index in [-0.39, 0.29) is 17.9 Å². The van der Waals surface area contributed by atoms with E-state index in [1.165, 1.54) is 0 Å². The Hall–Kier alpha value is -2.50. The number of nitrogens with zero attached hydrogens (tertiary/aromatic N) is 4. The number of piperidine rings is 1. The van der Waals surface area contributed by atoms with Crippen molar-refractivity contribution in [2.24, 2.45) is 0 Å². The van der Waals surface area contributed by atoms with E-state index in [2.05, 4.69) is 9.97 Å². The molecule has 0 bridgehead atoms. The highest BCUT2D eigenvalue weighted by Crippen LogP contribution is 2.40. The molecule has 1 aromatic carbocycles. The predicted octanol–water partition coefficient (Wildman–Crippen LogP) is 2.64. The average Bonchev–Trinajstić information content (AvgIpc) is 3.07. The van der Waals surface area contributed by atoms with Gasteiger partial charge in [-0.3, -0.25) is 19.6 Å². The van der Waals surface area contributed by atoms with Crippen LogP contribution >= 0.6 is 0 Å². The molecule has 0 N–H and O–H groups in total. The third kappa shape index (κ3) is 2.47. The van der Waals surface area contributed by atoms with E-state index in [4.69, 9.17) is 0 Å². The summed E-state index contributed by atoms with van der Waals surface area (Å²) in [5.74, 6) is 0.00322. The first-order chi connectivity index (χ1) is 12.5. The maximum absolute atomic E-state index is 13.4. The minimum absolute atomic E-state index is 0.104. The predicted molar refractivity (Wildman–Crippen MR) is 98.6 cm³/mol. The van der Waals surface area contributed by atoms with Gasteiger partial charge in [-0.05, 0) is 51.7 Å². The van der Waals surface area contributed by atoms with Gasteiger partial charge in [0.05, 0.1) is 11.1 Å². The van der Waals surface area contributed by atoms with Crippen LogP contribution in [0.15, 0.2) is 30.6 Å². The smallest absolute Gasteiger partial charge is 0.257 e. The lowest BCUT2D eigenvalue weighted by atomic mass is 9.84. The zero-order valence-electron chi connectivity index (χ0n) is 15.3. The average molecular weight is 352 g/mol. The van der Waals surface area contributed by atoms with E-state index in [9.17, 15) is 9.59 Å². The second kappa shape index (κ2) is 6.34. The third-order valence-electron chi connectivity index (χ3n) is 5.73. The number of rotatable bonds is 2. The van der Waals surface area contributed by atoms with Crippen LogP contribution in [0.1, 0.15) is 49.9 Å². The molecular weight excluding hydrogens is 328 g/mol. The molecule has 2 amide bonds. The maximum Gasteiger partial charge on any atom is 0.257 e. The lowest BCUT2D eigenvalue weighted by molar-refractivity contribution is -0.147. The quantitative estimate of drug-likeness (QED) is 0.833. The first-order valence-corrected chi connectivity index (χ1v) is 9.37. The summed E-state index contributed by atoms with van der Waals surface area (Å²) in [6, 6.07) is 5.63. The van der Waals surface area contributed by atoms with Crippen molar-refractivity contribution in [1.29, 1.82) is 0 Å². The molecular formula is C20H24N4O2. The molecule has 26 heavy (non-hydrogen) atoms. The summed E-state index contributed by atoms with van der Waals surface area (Å²) in [5.41, 5.74) is 1.15. The van der Waals surface area contributed by atoms with Crippen LogP contribution in [-0.2, 0) is 4.79 Å². The van der Waals surface area contributed by atoms with Crippen molar-refractivity contribution in [3.63, 3.8) is 0 Å². The fourth-order valence-corrected chi connectivity index (χ4v) is 4.48. The highest BCUT2D eigenvalue weighted by atomic mass is 16.2. The molecule has 2 fully saturated rings. The molecule has 3 heterocycles. The van der Waals surface area contributed by atoms with E-state index in [0.717, 1.165) is 32.2 Å². The first kappa shape index (κ1) is 16.9. The van der Waals surface area contributed by atoms with Crippen LogP contribution in [0.5, 0.6) is 0 Å². The molecule has 1 spiro atoms. The Morgan fingerprint density at radius 1 is 1.12 bits per heavy atom. The highest BCUT2D eigenvalue weighted by Gasteiger charge is 2.53. The molecule has 0 radical (unpaired) electrons. The summed E-state index contributed by atoms with van der Waals surface area (Å²) in [7, 11) is 0. The first-order valence-electron chi connectivity index (χ1n) is 9.37. The molecule has 1 unspecified atom stereocenters. The Morgan fingerprint density at radius 2 is 1.85 bits per heavy atom. The lowest BCUT2D eigenvalue weighted by Crippen LogP contribution is -2.62. The summed E-state index contributed by atoms with van der Waals surface area (Å²) in [4.78, 5) is 39.2. The molecule has 2 aromatic rings. The lowest BCUT2D eigenvalue weighted by Gasteiger charge is -2.46. The van der Waals surface area contributed by atoms with Crippen LogP contribution in [0.25, 0.3) is 11.0 Å². The molecule has 2 aliphatic heterocycles. The topological polar surface area (TPSA) is 66.4 Å². The van der Waals surface area contributed by atoms with Crippen LogP contribution in [-0.4, -0.2) is 56.3 Å². The van der Waals surface area contributed by atoms with Gasteiger partial charge in [-0.2, -0.15) is 0 Å².